The number of amides is 1. The van der Waals surface area contributed by atoms with Crippen LogP contribution in [-0.2, 0) is 0 Å². The Balaban J connectivity index is 1.50. The molecule has 0 aliphatic rings. The lowest BCUT2D eigenvalue weighted by atomic mass is 10.2. The molecule has 0 bridgehead atoms. The molecule has 6 nitrogen and oxygen atoms in total. The molecule has 0 aliphatic heterocycles. The number of carbonyl (C=O) groups is 1. The molecule has 0 aliphatic carbocycles. The Morgan fingerprint density at radius 3 is 2.81 bits per heavy atom. The van der Waals surface area contributed by atoms with Crippen molar-refractivity contribution in [3.05, 3.63) is 58.4 Å². The van der Waals surface area contributed by atoms with Gasteiger partial charge in [0.15, 0.2) is 0 Å². The predicted octanol–water partition coefficient (Wildman–Crippen LogP) is 3.68. The largest absolute Gasteiger partial charge is 0.496 e. The number of nitrogens with zero attached hydrogens (tertiary/aromatic N) is 2. The quantitative estimate of drug-likeness (QED) is 0.624. The Bertz CT molecular complexity index is 870. The van der Waals surface area contributed by atoms with Gasteiger partial charge in [-0.25, -0.2) is 0 Å². The summed E-state index contributed by atoms with van der Waals surface area (Å²) in [6.45, 7) is 0.574. The fraction of sp³-hybridized carbons (Fsp3) is 0.167. The van der Waals surface area contributed by atoms with Crippen molar-refractivity contribution in [3.63, 3.8) is 0 Å². The van der Waals surface area contributed by atoms with E-state index < -0.39 is 0 Å². The molecule has 134 valence electrons. The van der Waals surface area contributed by atoms with Gasteiger partial charge in [-0.3, -0.25) is 4.79 Å². The van der Waals surface area contributed by atoms with E-state index in [-0.39, 0.29) is 12.5 Å². The van der Waals surface area contributed by atoms with Crippen molar-refractivity contribution in [3.8, 4) is 22.2 Å². The van der Waals surface area contributed by atoms with Crippen LogP contribution in [0.15, 0.2) is 47.8 Å². The van der Waals surface area contributed by atoms with Gasteiger partial charge in [-0.05, 0) is 35.7 Å². The minimum atomic E-state index is -0.285. The number of carbonyl (C=O) groups excluding carboxylic acids is 1. The summed E-state index contributed by atoms with van der Waals surface area (Å²) < 4.78 is 10.7. The number of nitrogens with one attached hydrogen (secondary N) is 1. The third-order valence-electron chi connectivity index (χ3n) is 3.46. The second kappa shape index (κ2) is 8.64. The van der Waals surface area contributed by atoms with Crippen LogP contribution in [0.25, 0.3) is 10.6 Å². The lowest BCUT2D eigenvalue weighted by molar-refractivity contribution is 0.0943. The highest BCUT2D eigenvalue weighted by Gasteiger charge is 2.12. The summed E-state index contributed by atoms with van der Waals surface area (Å²) in [6, 6.07) is 12.4. The van der Waals surface area contributed by atoms with E-state index in [1.165, 1.54) is 7.11 Å². The van der Waals surface area contributed by atoms with Crippen LogP contribution >= 0.6 is 22.9 Å². The number of thiophene rings is 1. The van der Waals surface area contributed by atoms with E-state index in [0.29, 0.717) is 28.8 Å². The topological polar surface area (TPSA) is 73.3 Å². The van der Waals surface area contributed by atoms with Crippen molar-refractivity contribution < 1.29 is 14.3 Å². The molecule has 3 aromatic rings. The summed E-state index contributed by atoms with van der Waals surface area (Å²) in [5.74, 6) is 0.579. The Hall–Kier alpha value is -2.64. The molecule has 0 atom stereocenters. The Morgan fingerprint density at radius 2 is 2.12 bits per heavy atom. The van der Waals surface area contributed by atoms with Crippen LogP contribution in [0.4, 0.5) is 0 Å². The van der Waals surface area contributed by atoms with Gasteiger partial charge in [0.25, 0.3) is 5.91 Å². The van der Waals surface area contributed by atoms with Gasteiger partial charge in [0, 0.05) is 11.1 Å². The van der Waals surface area contributed by atoms with E-state index in [9.17, 15) is 4.79 Å². The Kier molecular flexibility index (Phi) is 6.04. The first kappa shape index (κ1) is 18.2. The number of hydrogen-bond acceptors (Lipinski definition) is 6. The first-order chi connectivity index (χ1) is 12.7. The van der Waals surface area contributed by atoms with Crippen LogP contribution in [-0.4, -0.2) is 36.4 Å². The molecule has 1 amide bonds. The summed E-state index contributed by atoms with van der Waals surface area (Å²) in [5, 5.41) is 13.4. The SMILES string of the molecule is COc1ccc(Cl)cc1C(=O)NCCOc1ccc(-c2cccs2)nn1. The van der Waals surface area contributed by atoms with Crippen LogP contribution in [0, 0.1) is 0 Å². The minimum absolute atomic E-state index is 0.266. The summed E-state index contributed by atoms with van der Waals surface area (Å²) in [5.41, 5.74) is 1.17. The van der Waals surface area contributed by atoms with Crippen molar-refractivity contribution in [2.24, 2.45) is 0 Å². The molecule has 0 radical (unpaired) electrons. The summed E-state index contributed by atoms with van der Waals surface area (Å²) >= 11 is 7.53. The van der Waals surface area contributed by atoms with Crippen molar-refractivity contribution in [1.29, 1.82) is 0 Å². The second-order valence-corrected chi connectivity index (χ2v) is 6.57. The van der Waals surface area contributed by atoms with Crippen molar-refractivity contribution in [2.75, 3.05) is 20.3 Å². The molecule has 2 aromatic heterocycles. The average molecular weight is 390 g/mol. The molecule has 26 heavy (non-hydrogen) atoms. The number of rotatable bonds is 7. The van der Waals surface area contributed by atoms with Gasteiger partial charge in [0.2, 0.25) is 5.88 Å². The molecule has 2 heterocycles. The van der Waals surface area contributed by atoms with Crippen molar-refractivity contribution in [2.45, 2.75) is 0 Å². The van der Waals surface area contributed by atoms with Gasteiger partial charge in [0.05, 0.1) is 24.1 Å². The van der Waals surface area contributed by atoms with E-state index >= 15 is 0 Å². The third-order valence-corrected chi connectivity index (χ3v) is 4.58. The standard InChI is InChI=1S/C18H16ClN3O3S/c1-24-15-6-4-12(19)11-13(15)18(23)20-8-9-25-17-7-5-14(21-22-17)16-3-2-10-26-16/h2-7,10-11H,8-9H2,1H3,(H,20,23). The zero-order chi connectivity index (χ0) is 18.4. The molecule has 0 saturated carbocycles. The van der Waals surface area contributed by atoms with Gasteiger partial charge >= 0.3 is 0 Å². The maximum Gasteiger partial charge on any atom is 0.255 e. The van der Waals surface area contributed by atoms with E-state index in [4.69, 9.17) is 21.1 Å². The molecule has 0 spiro atoms. The van der Waals surface area contributed by atoms with Gasteiger partial charge in [0.1, 0.15) is 18.1 Å². The normalized spacial score (nSPS) is 10.4. The maximum atomic E-state index is 12.2. The molecule has 1 N–H and O–H groups in total. The zero-order valence-electron chi connectivity index (χ0n) is 13.9. The molecule has 0 unspecified atom stereocenters. The number of ether oxygens (including phenoxy) is 2. The van der Waals surface area contributed by atoms with E-state index in [1.807, 2.05) is 23.6 Å². The van der Waals surface area contributed by atoms with Crippen molar-refractivity contribution in [1.82, 2.24) is 15.5 Å². The highest BCUT2D eigenvalue weighted by atomic mass is 35.5. The van der Waals surface area contributed by atoms with Crippen LogP contribution in [0.2, 0.25) is 5.02 Å². The Morgan fingerprint density at radius 1 is 1.23 bits per heavy atom. The fourth-order valence-corrected chi connectivity index (χ4v) is 3.09. The number of benzene rings is 1. The second-order valence-electron chi connectivity index (χ2n) is 5.18. The smallest absolute Gasteiger partial charge is 0.255 e. The fourth-order valence-electron chi connectivity index (χ4n) is 2.23. The molecular weight excluding hydrogens is 374 g/mol. The molecule has 0 fully saturated rings. The van der Waals surface area contributed by atoms with Crippen LogP contribution < -0.4 is 14.8 Å². The van der Waals surface area contributed by atoms with Gasteiger partial charge < -0.3 is 14.8 Å². The van der Waals surface area contributed by atoms with Crippen LogP contribution in [0.1, 0.15) is 10.4 Å². The summed E-state index contributed by atoms with van der Waals surface area (Å²) in [7, 11) is 1.50. The zero-order valence-corrected chi connectivity index (χ0v) is 15.5. The van der Waals surface area contributed by atoms with E-state index in [2.05, 4.69) is 15.5 Å². The maximum absolute atomic E-state index is 12.2. The summed E-state index contributed by atoms with van der Waals surface area (Å²) in [6.07, 6.45) is 0. The van der Waals surface area contributed by atoms with Crippen molar-refractivity contribution >= 4 is 28.8 Å². The number of hydrogen-bond donors (Lipinski definition) is 1. The van der Waals surface area contributed by atoms with Gasteiger partial charge in [-0.2, -0.15) is 0 Å². The van der Waals surface area contributed by atoms with Crippen LogP contribution in [0.3, 0.4) is 0 Å². The molecule has 0 saturated heterocycles. The highest BCUT2D eigenvalue weighted by molar-refractivity contribution is 7.13. The van der Waals surface area contributed by atoms with Crippen LogP contribution in [0.5, 0.6) is 11.6 Å². The third kappa shape index (κ3) is 4.50. The predicted molar refractivity (Wildman–Crippen MR) is 101 cm³/mol. The molecular formula is C18H16ClN3O3S. The Labute approximate surface area is 159 Å². The lowest BCUT2D eigenvalue weighted by Crippen LogP contribution is -2.28. The van der Waals surface area contributed by atoms with Gasteiger partial charge in [-0.15, -0.1) is 21.5 Å². The minimum Gasteiger partial charge on any atom is -0.496 e. The highest BCUT2D eigenvalue weighted by Crippen LogP contribution is 2.23. The molecule has 1 aromatic carbocycles. The lowest BCUT2D eigenvalue weighted by Gasteiger charge is -2.10. The number of halogens is 1. The van der Waals surface area contributed by atoms with E-state index in [0.717, 1.165) is 10.6 Å². The first-order valence-corrected chi connectivity index (χ1v) is 9.05. The molecule has 8 heteroatoms. The summed E-state index contributed by atoms with van der Waals surface area (Å²) in [4.78, 5) is 13.3. The number of aromatic nitrogens is 2. The first-order valence-electron chi connectivity index (χ1n) is 7.79. The molecule has 3 rings (SSSR count). The van der Waals surface area contributed by atoms with E-state index in [1.54, 1.807) is 35.6 Å². The average Bonchev–Trinajstić information content (AvgIpc) is 3.20. The van der Waals surface area contributed by atoms with Gasteiger partial charge in [-0.1, -0.05) is 17.7 Å². The monoisotopic (exact) mass is 389 g/mol. The number of methoxy groups -OCH3 is 1.